The second-order valence-corrected chi connectivity index (χ2v) is 7.64. The predicted molar refractivity (Wildman–Crippen MR) is 104 cm³/mol. The van der Waals surface area contributed by atoms with E-state index in [1.807, 2.05) is 12.1 Å². The lowest BCUT2D eigenvalue weighted by atomic mass is 9.83. The van der Waals surface area contributed by atoms with Gasteiger partial charge in [0.2, 0.25) is 0 Å². The third-order valence-electron chi connectivity index (χ3n) is 6.01. The molecule has 2 aromatic heterocycles. The number of ether oxygens (including phenoxy) is 1. The van der Waals surface area contributed by atoms with Crippen molar-refractivity contribution < 1.29 is 14.9 Å². The number of fused-ring (bicyclic) bond motifs is 1. The van der Waals surface area contributed by atoms with Crippen LogP contribution in [0.4, 0.5) is 5.82 Å². The topological polar surface area (TPSA) is 109 Å². The predicted octanol–water partition coefficient (Wildman–Crippen LogP) is 1.37. The minimum atomic E-state index is -0.208. The Kier molecular flexibility index (Phi) is 4.01. The van der Waals surface area contributed by atoms with E-state index in [1.165, 1.54) is 11.9 Å². The molecule has 2 aliphatic rings. The normalized spacial score (nSPS) is 20.3. The van der Waals surface area contributed by atoms with E-state index in [4.69, 9.17) is 10.5 Å². The lowest BCUT2D eigenvalue weighted by molar-refractivity contribution is -0.157. The van der Waals surface area contributed by atoms with E-state index < -0.39 is 0 Å². The zero-order valence-corrected chi connectivity index (χ0v) is 15.5. The number of aromatic nitrogens is 3. The minimum Gasteiger partial charge on any atom is -0.505 e. The van der Waals surface area contributed by atoms with E-state index in [2.05, 4.69) is 27.1 Å². The van der Waals surface area contributed by atoms with Gasteiger partial charge in [0.15, 0.2) is 5.82 Å². The zero-order chi connectivity index (χ0) is 19.3. The molecule has 0 spiro atoms. The molecule has 0 bridgehead atoms. The molecule has 3 aromatic rings. The Hall–Kier alpha value is -2.68. The molecule has 0 saturated carbocycles. The average Bonchev–Trinajstić information content (AvgIpc) is 3.01. The summed E-state index contributed by atoms with van der Waals surface area (Å²) in [6.07, 6.45) is 2.75. The second kappa shape index (κ2) is 6.44. The van der Waals surface area contributed by atoms with Gasteiger partial charge in [0.1, 0.15) is 17.6 Å². The first-order chi connectivity index (χ1) is 13.6. The molecule has 0 atom stereocenters. The Morgan fingerprint density at radius 1 is 1.18 bits per heavy atom. The summed E-state index contributed by atoms with van der Waals surface area (Å²) in [6.45, 7) is 2.99. The van der Waals surface area contributed by atoms with Crippen molar-refractivity contribution in [3.8, 4) is 17.0 Å². The Morgan fingerprint density at radius 3 is 2.68 bits per heavy atom. The van der Waals surface area contributed by atoms with Gasteiger partial charge in [-0.2, -0.15) is 5.10 Å². The van der Waals surface area contributed by atoms with Crippen LogP contribution in [-0.2, 0) is 10.3 Å². The van der Waals surface area contributed by atoms with E-state index in [0.29, 0.717) is 18.7 Å². The first kappa shape index (κ1) is 17.4. The smallest absolute Gasteiger partial charge is 0.155 e. The molecule has 0 aliphatic carbocycles. The summed E-state index contributed by atoms with van der Waals surface area (Å²) in [6, 6.07) is 9.94. The third kappa shape index (κ3) is 2.56. The highest BCUT2D eigenvalue weighted by Gasteiger charge is 2.46. The molecule has 5 rings (SSSR count). The maximum absolute atomic E-state index is 10.3. The summed E-state index contributed by atoms with van der Waals surface area (Å²) in [4.78, 5) is 6.39. The average molecular weight is 381 g/mol. The third-order valence-corrected chi connectivity index (χ3v) is 6.01. The number of hydrogen-bond donors (Lipinski definition) is 3. The lowest BCUT2D eigenvalue weighted by Crippen LogP contribution is -2.61. The van der Waals surface area contributed by atoms with E-state index in [-0.39, 0.29) is 23.2 Å². The van der Waals surface area contributed by atoms with Gasteiger partial charge in [-0.15, -0.1) is 0 Å². The molecule has 0 amide bonds. The molecule has 1 aromatic carbocycles. The Bertz CT molecular complexity index is 1020. The number of aliphatic hydroxyl groups is 1. The number of aromatic hydroxyl groups is 1. The Labute approximate surface area is 162 Å². The van der Waals surface area contributed by atoms with Crippen LogP contribution in [0.5, 0.6) is 5.75 Å². The van der Waals surface area contributed by atoms with Gasteiger partial charge in [-0.1, -0.05) is 18.2 Å². The zero-order valence-electron chi connectivity index (χ0n) is 15.5. The van der Waals surface area contributed by atoms with Crippen molar-refractivity contribution in [1.82, 2.24) is 19.5 Å². The number of nitrogen functional groups attached to an aromatic ring is 1. The van der Waals surface area contributed by atoms with Crippen LogP contribution in [0.1, 0.15) is 18.4 Å². The van der Waals surface area contributed by atoms with Crippen molar-refractivity contribution in [2.75, 3.05) is 32.0 Å². The van der Waals surface area contributed by atoms with Crippen LogP contribution in [0.25, 0.3) is 16.8 Å². The molecule has 8 heteroatoms. The molecule has 4 N–H and O–H groups in total. The monoisotopic (exact) mass is 381 g/mol. The number of hydrogen-bond acceptors (Lipinski definition) is 7. The number of anilines is 1. The fraction of sp³-hybridized carbons (Fsp3) is 0.400. The van der Waals surface area contributed by atoms with E-state index in [0.717, 1.165) is 37.2 Å². The van der Waals surface area contributed by atoms with Gasteiger partial charge < -0.3 is 20.7 Å². The largest absolute Gasteiger partial charge is 0.505 e. The number of piperidine rings is 1. The van der Waals surface area contributed by atoms with Crippen molar-refractivity contribution in [3.63, 3.8) is 0 Å². The van der Waals surface area contributed by atoms with Gasteiger partial charge in [-0.25, -0.2) is 9.50 Å². The summed E-state index contributed by atoms with van der Waals surface area (Å²) in [5.74, 6) is 0.302. The van der Waals surface area contributed by atoms with Crippen molar-refractivity contribution >= 4 is 11.3 Å². The highest BCUT2D eigenvalue weighted by Crippen LogP contribution is 2.40. The fourth-order valence-electron chi connectivity index (χ4n) is 4.34. The van der Waals surface area contributed by atoms with Crippen molar-refractivity contribution in [1.29, 1.82) is 0 Å². The molecule has 8 nitrogen and oxygen atoms in total. The molecular weight excluding hydrogens is 358 g/mol. The van der Waals surface area contributed by atoms with Crippen LogP contribution in [0.3, 0.4) is 0 Å². The van der Waals surface area contributed by atoms with Crippen molar-refractivity contribution in [2.45, 2.75) is 24.5 Å². The molecule has 0 unspecified atom stereocenters. The summed E-state index contributed by atoms with van der Waals surface area (Å²) in [5.41, 5.74) is 9.02. The number of rotatable bonds is 3. The van der Waals surface area contributed by atoms with Gasteiger partial charge in [0.25, 0.3) is 0 Å². The van der Waals surface area contributed by atoms with Gasteiger partial charge in [-0.3, -0.25) is 4.90 Å². The quantitative estimate of drug-likeness (QED) is 0.629. The molecule has 0 radical (unpaired) electrons. The van der Waals surface area contributed by atoms with Crippen LogP contribution >= 0.6 is 0 Å². The number of likely N-dealkylation sites (tertiary alicyclic amines) is 1. The van der Waals surface area contributed by atoms with Gasteiger partial charge in [0.05, 0.1) is 30.6 Å². The van der Waals surface area contributed by atoms with Crippen LogP contribution < -0.4 is 5.73 Å². The first-order valence-electron chi connectivity index (χ1n) is 9.51. The summed E-state index contributed by atoms with van der Waals surface area (Å²) >= 11 is 0. The number of nitrogens with zero attached hydrogens (tertiary/aromatic N) is 4. The molecule has 2 fully saturated rings. The standard InChI is InChI=1S/C20H23N5O3/c21-19-18-17(27)9-16(25(18)23-12-22-19)13-2-1-3-14(8-13)20(10-28-11-20)24-6-4-15(26)5-7-24/h1-3,8-9,12,15,26-27H,4-7,10-11H2,(H2,21,22,23). The number of aliphatic hydroxyl groups excluding tert-OH is 1. The maximum Gasteiger partial charge on any atom is 0.155 e. The van der Waals surface area contributed by atoms with Crippen LogP contribution in [-0.4, -0.2) is 62.1 Å². The second-order valence-electron chi connectivity index (χ2n) is 7.64. The molecule has 2 saturated heterocycles. The van der Waals surface area contributed by atoms with Gasteiger partial charge in [0, 0.05) is 24.7 Å². The number of benzene rings is 1. The van der Waals surface area contributed by atoms with Crippen LogP contribution in [0.2, 0.25) is 0 Å². The molecular formula is C20H23N5O3. The highest BCUT2D eigenvalue weighted by molar-refractivity contribution is 5.80. The lowest BCUT2D eigenvalue weighted by Gasteiger charge is -2.52. The summed E-state index contributed by atoms with van der Waals surface area (Å²) < 4.78 is 7.24. The molecule has 28 heavy (non-hydrogen) atoms. The van der Waals surface area contributed by atoms with E-state index >= 15 is 0 Å². The summed E-state index contributed by atoms with van der Waals surface area (Å²) in [7, 11) is 0. The van der Waals surface area contributed by atoms with Crippen molar-refractivity contribution in [2.24, 2.45) is 0 Å². The minimum absolute atomic E-state index is 0.0604. The fourth-order valence-corrected chi connectivity index (χ4v) is 4.34. The van der Waals surface area contributed by atoms with Gasteiger partial charge >= 0.3 is 0 Å². The van der Waals surface area contributed by atoms with Crippen LogP contribution in [0, 0.1) is 0 Å². The number of nitrogens with two attached hydrogens (primary N) is 1. The van der Waals surface area contributed by atoms with E-state index in [9.17, 15) is 10.2 Å². The molecule has 4 heterocycles. The van der Waals surface area contributed by atoms with E-state index in [1.54, 1.807) is 10.6 Å². The SMILES string of the molecule is Nc1ncnn2c(-c3cccc(C4(N5CCC(O)CC5)COC4)c3)cc(O)c12. The summed E-state index contributed by atoms with van der Waals surface area (Å²) in [5, 5.41) is 24.4. The molecule has 146 valence electrons. The molecule has 2 aliphatic heterocycles. The Balaban J connectivity index is 1.56. The van der Waals surface area contributed by atoms with Crippen molar-refractivity contribution in [3.05, 3.63) is 42.2 Å². The van der Waals surface area contributed by atoms with Crippen LogP contribution in [0.15, 0.2) is 36.7 Å². The first-order valence-corrected chi connectivity index (χ1v) is 9.51. The maximum atomic E-state index is 10.3. The van der Waals surface area contributed by atoms with Gasteiger partial charge in [-0.05, 0) is 24.5 Å². The Morgan fingerprint density at radius 2 is 1.96 bits per heavy atom. The highest BCUT2D eigenvalue weighted by atomic mass is 16.5.